The van der Waals surface area contributed by atoms with Crippen LogP contribution in [-0.2, 0) is 4.74 Å². The first-order chi connectivity index (χ1) is 18.7. The maximum absolute atomic E-state index is 12.7. The second kappa shape index (κ2) is 10.5. The summed E-state index contributed by atoms with van der Waals surface area (Å²) in [5, 5.41) is 7.82. The van der Waals surface area contributed by atoms with E-state index in [9.17, 15) is 4.79 Å². The Bertz CT molecular complexity index is 1650. The molecule has 0 saturated carbocycles. The van der Waals surface area contributed by atoms with Gasteiger partial charge in [-0.15, -0.1) is 0 Å². The van der Waals surface area contributed by atoms with Crippen molar-refractivity contribution in [1.82, 2.24) is 34.4 Å². The molecule has 1 saturated heterocycles. The van der Waals surface area contributed by atoms with Crippen molar-refractivity contribution < 1.29 is 9.53 Å². The van der Waals surface area contributed by atoms with Gasteiger partial charge in [-0.3, -0.25) is 4.79 Å². The van der Waals surface area contributed by atoms with Gasteiger partial charge in [-0.25, -0.2) is 24.5 Å². The molecule has 1 aliphatic heterocycles. The van der Waals surface area contributed by atoms with Crippen LogP contribution in [0.15, 0.2) is 79.4 Å². The highest BCUT2D eigenvalue weighted by molar-refractivity contribution is 5.94. The maximum Gasteiger partial charge on any atom is 0.254 e. The molecule has 10 nitrogen and oxygen atoms in total. The summed E-state index contributed by atoms with van der Waals surface area (Å²) < 4.78 is 7.06. The van der Waals surface area contributed by atoms with E-state index in [0.29, 0.717) is 55.0 Å². The van der Waals surface area contributed by atoms with E-state index >= 15 is 0 Å². The lowest BCUT2D eigenvalue weighted by Crippen LogP contribution is -2.40. The normalized spacial score (nSPS) is 13.1. The Hall–Kier alpha value is -5.14. The number of hydrogen-bond donors (Lipinski definition) is 1. The van der Waals surface area contributed by atoms with E-state index in [1.165, 1.54) is 0 Å². The molecule has 0 bridgehead atoms. The highest BCUT2D eigenvalue weighted by Gasteiger charge is 2.18. The second-order valence-corrected chi connectivity index (χ2v) is 8.49. The average molecular weight is 503 g/mol. The monoisotopic (exact) mass is 502 g/mol. The number of amides is 1. The third-order valence-corrected chi connectivity index (χ3v) is 5.99. The van der Waals surface area contributed by atoms with E-state index in [1.54, 1.807) is 35.4 Å². The number of rotatable bonds is 4. The van der Waals surface area contributed by atoms with Gasteiger partial charge >= 0.3 is 0 Å². The highest BCUT2D eigenvalue weighted by atomic mass is 16.5. The number of morpholine rings is 1. The maximum atomic E-state index is 12.7. The molecule has 10 heteroatoms. The minimum absolute atomic E-state index is 0.0150. The van der Waals surface area contributed by atoms with Gasteiger partial charge < -0.3 is 15.0 Å². The number of aromatic nitrogens is 6. The summed E-state index contributed by atoms with van der Waals surface area (Å²) in [5.74, 6) is 7.38. The summed E-state index contributed by atoms with van der Waals surface area (Å²) in [7, 11) is 0. The molecule has 1 N–H and O–H groups in total. The number of benzene rings is 1. The highest BCUT2D eigenvalue weighted by Crippen LogP contribution is 2.20. The van der Waals surface area contributed by atoms with Crippen molar-refractivity contribution >= 4 is 23.3 Å². The largest absolute Gasteiger partial charge is 0.378 e. The molecule has 4 aromatic heterocycles. The molecule has 0 radical (unpaired) electrons. The lowest BCUT2D eigenvalue weighted by atomic mass is 10.1. The van der Waals surface area contributed by atoms with Crippen molar-refractivity contribution in [2.24, 2.45) is 0 Å². The molecule has 0 spiro atoms. The van der Waals surface area contributed by atoms with Crippen LogP contribution in [0.1, 0.15) is 21.6 Å². The summed E-state index contributed by atoms with van der Waals surface area (Å²) in [6.07, 6.45) is 6.68. The van der Waals surface area contributed by atoms with E-state index in [1.807, 2.05) is 53.4 Å². The molecule has 0 aliphatic carbocycles. The van der Waals surface area contributed by atoms with Crippen molar-refractivity contribution in [2.45, 2.75) is 0 Å². The van der Waals surface area contributed by atoms with Crippen LogP contribution >= 0.6 is 0 Å². The molecule has 38 heavy (non-hydrogen) atoms. The number of hydrogen-bond acceptors (Lipinski definition) is 8. The Labute approximate surface area is 218 Å². The quantitative estimate of drug-likeness (QED) is 0.373. The third-order valence-electron chi connectivity index (χ3n) is 5.99. The zero-order valence-electron chi connectivity index (χ0n) is 20.3. The Balaban J connectivity index is 1.22. The number of anilines is 2. The molecule has 1 aromatic carbocycles. The van der Waals surface area contributed by atoms with Crippen LogP contribution in [0.2, 0.25) is 0 Å². The molecular formula is C28H22N8O2. The second-order valence-electron chi connectivity index (χ2n) is 8.49. The minimum Gasteiger partial charge on any atom is -0.378 e. The van der Waals surface area contributed by atoms with Crippen molar-refractivity contribution in [1.29, 1.82) is 0 Å². The minimum atomic E-state index is 0.0150. The summed E-state index contributed by atoms with van der Waals surface area (Å²) in [4.78, 5) is 31.6. The third kappa shape index (κ3) is 5.04. The summed E-state index contributed by atoms with van der Waals surface area (Å²) >= 11 is 0. The number of ether oxygens (including phenoxy) is 1. The van der Waals surface area contributed by atoms with E-state index in [2.05, 4.69) is 37.1 Å². The van der Waals surface area contributed by atoms with Gasteiger partial charge in [0.2, 0.25) is 5.95 Å². The summed E-state index contributed by atoms with van der Waals surface area (Å²) in [5.41, 5.74) is 4.41. The standard InChI is InChI=1S/C28H22N8O2/c37-27(35-14-16-38-17-15-35)22-5-3-21(4-6-22)24-8-9-26-32-19-23(36(26)34-24)7-2-20-10-13-29-25(18-20)33-28-30-11-1-12-31-28/h1,3-6,8-13,18-19H,14-17H2,(H,29,30,31,33). The summed E-state index contributed by atoms with van der Waals surface area (Å²) in [6.45, 7) is 2.38. The fraction of sp³-hybridized carbons (Fsp3) is 0.143. The van der Waals surface area contributed by atoms with E-state index in [0.717, 1.165) is 16.8 Å². The SMILES string of the molecule is O=C(c1ccc(-c2ccc3ncc(C#Cc4ccnc(Nc5ncccn5)c4)n3n2)cc1)N1CCOCC1. The van der Waals surface area contributed by atoms with Gasteiger partial charge in [0, 0.05) is 48.4 Å². The van der Waals surface area contributed by atoms with Gasteiger partial charge in [-0.2, -0.15) is 5.10 Å². The Morgan fingerprint density at radius 2 is 1.71 bits per heavy atom. The first kappa shape index (κ1) is 23.3. The molecule has 1 fully saturated rings. The van der Waals surface area contributed by atoms with Crippen molar-refractivity contribution in [2.75, 3.05) is 31.6 Å². The number of nitrogens with one attached hydrogen (secondary N) is 1. The average Bonchev–Trinajstić information content (AvgIpc) is 3.39. The first-order valence-electron chi connectivity index (χ1n) is 12.1. The number of carbonyl (C=O) groups is 1. The molecular weight excluding hydrogens is 480 g/mol. The molecule has 0 unspecified atom stereocenters. The predicted octanol–water partition coefficient (Wildman–Crippen LogP) is 3.20. The van der Waals surface area contributed by atoms with Gasteiger partial charge in [0.15, 0.2) is 5.65 Å². The smallest absolute Gasteiger partial charge is 0.254 e. The predicted molar refractivity (Wildman–Crippen MR) is 141 cm³/mol. The van der Waals surface area contributed by atoms with Gasteiger partial charge in [-0.1, -0.05) is 18.1 Å². The van der Waals surface area contributed by atoms with Gasteiger partial charge in [0.25, 0.3) is 5.91 Å². The Morgan fingerprint density at radius 3 is 2.53 bits per heavy atom. The van der Waals surface area contributed by atoms with Gasteiger partial charge in [-0.05, 0) is 48.4 Å². The Morgan fingerprint density at radius 1 is 0.895 bits per heavy atom. The molecule has 1 amide bonds. The lowest BCUT2D eigenvalue weighted by Gasteiger charge is -2.26. The van der Waals surface area contributed by atoms with Crippen LogP contribution in [0.5, 0.6) is 0 Å². The molecule has 0 atom stereocenters. The van der Waals surface area contributed by atoms with Gasteiger partial charge in [0.1, 0.15) is 11.5 Å². The fourth-order valence-corrected chi connectivity index (χ4v) is 4.04. The van der Waals surface area contributed by atoms with Crippen LogP contribution in [0.3, 0.4) is 0 Å². The molecule has 1 aliphatic rings. The van der Waals surface area contributed by atoms with Crippen LogP contribution in [0, 0.1) is 11.8 Å². The molecule has 186 valence electrons. The van der Waals surface area contributed by atoms with Crippen LogP contribution in [-0.4, -0.2) is 66.7 Å². The Kier molecular flexibility index (Phi) is 6.41. The lowest BCUT2D eigenvalue weighted by molar-refractivity contribution is 0.0303. The number of imidazole rings is 1. The van der Waals surface area contributed by atoms with E-state index in [-0.39, 0.29) is 5.91 Å². The number of fused-ring (bicyclic) bond motifs is 1. The van der Waals surface area contributed by atoms with Crippen molar-refractivity contribution in [3.8, 4) is 23.1 Å². The number of pyridine rings is 1. The topological polar surface area (TPSA) is 110 Å². The molecule has 5 heterocycles. The van der Waals surface area contributed by atoms with E-state index in [4.69, 9.17) is 9.84 Å². The summed E-state index contributed by atoms with van der Waals surface area (Å²) in [6, 6.07) is 16.7. The number of carbonyl (C=O) groups excluding carboxylic acids is 1. The van der Waals surface area contributed by atoms with Crippen LogP contribution < -0.4 is 5.32 Å². The zero-order chi connectivity index (χ0) is 25.7. The first-order valence-corrected chi connectivity index (χ1v) is 12.1. The molecule has 6 rings (SSSR count). The van der Waals surface area contributed by atoms with Crippen molar-refractivity contribution in [3.05, 3.63) is 96.2 Å². The van der Waals surface area contributed by atoms with Gasteiger partial charge in [0.05, 0.1) is 25.1 Å². The number of nitrogens with zero attached hydrogens (tertiary/aromatic N) is 7. The van der Waals surface area contributed by atoms with Crippen LogP contribution in [0.25, 0.3) is 16.9 Å². The van der Waals surface area contributed by atoms with Crippen molar-refractivity contribution in [3.63, 3.8) is 0 Å². The zero-order valence-corrected chi connectivity index (χ0v) is 20.3. The van der Waals surface area contributed by atoms with Crippen LogP contribution in [0.4, 0.5) is 11.8 Å². The van der Waals surface area contributed by atoms with E-state index < -0.39 is 0 Å². The molecule has 5 aromatic rings. The fourth-order valence-electron chi connectivity index (χ4n) is 4.04.